The lowest BCUT2D eigenvalue weighted by Gasteiger charge is -2.24. The lowest BCUT2D eigenvalue weighted by Crippen LogP contribution is -2.33. The second-order valence-electron chi connectivity index (χ2n) is 5.39. The lowest BCUT2D eigenvalue weighted by atomic mass is 10.0. The van der Waals surface area contributed by atoms with Crippen LogP contribution in [0.1, 0.15) is 46.0 Å². The predicted octanol–water partition coefficient (Wildman–Crippen LogP) is 0.843. The maximum Gasteiger partial charge on any atom is 0.100 e. The Hall–Kier alpha value is -0.200. The van der Waals surface area contributed by atoms with Crippen molar-refractivity contribution in [1.29, 1.82) is 0 Å². The fraction of sp³-hybridized carbons (Fsp3) is 1.00. The molecule has 19 heavy (non-hydrogen) atoms. The van der Waals surface area contributed by atoms with E-state index in [1.165, 1.54) is 0 Å². The van der Waals surface area contributed by atoms with Crippen molar-refractivity contribution < 1.29 is 24.8 Å². The average molecular weight is 276 g/mol. The summed E-state index contributed by atoms with van der Waals surface area (Å²) in [6, 6.07) is 0. The molecule has 5 heteroatoms. The van der Waals surface area contributed by atoms with Crippen LogP contribution in [0.2, 0.25) is 0 Å². The smallest absolute Gasteiger partial charge is 0.100 e. The summed E-state index contributed by atoms with van der Waals surface area (Å²) in [5.74, 6) is 0. The summed E-state index contributed by atoms with van der Waals surface area (Å²) in [5.41, 5.74) is 0. The van der Waals surface area contributed by atoms with Crippen LogP contribution in [0, 0.1) is 0 Å². The topological polar surface area (TPSA) is 79.2 Å². The molecule has 0 bridgehead atoms. The Morgan fingerprint density at radius 3 is 2.63 bits per heavy atom. The zero-order valence-electron chi connectivity index (χ0n) is 12.0. The van der Waals surface area contributed by atoms with E-state index in [-0.39, 0.29) is 31.5 Å². The number of unbranched alkanes of at least 4 members (excludes halogenated alkanes) is 2. The number of ether oxygens (including phenoxy) is 2. The van der Waals surface area contributed by atoms with E-state index in [1.807, 2.05) is 6.92 Å². The van der Waals surface area contributed by atoms with Gasteiger partial charge in [-0.05, 0) is 13.3 Å². The normalized spacial score (nSPS) is 30.5. The number of aliphatic hydroxyl groups excluding tert-OH is 3. The van der Waals surface area contributed by atoms with E-state index in [2.05, 4.69) is 6.92 Å². The highest BCUT2D eigenvalue weighted by atomic mass is 16.6. The van der Waals surface area contributed by atoms with E-state index in [1.54, 1.807) is 0 Å². The Morgan fingerprint density at radius 2 is 2.11 bits per heavy atom. The van der Waals surface area contributed by atoms with Gasteiger partial charge in [0.2, 0.25) is 0 Å². The van der Waals surface area contributed by atoms with Crippen LogP contribution in [0.25, 0.3) is 0 Å². The fourth-order valence-corrected chi connectivity index (χ4v) is 2.35. The van der Waals surface area contributed by atoms with Crippen molar-refractivity contribution in [3.05, 3.63) is 0 Å². The molecule has 5 unspecified atom stereocenters. The molecule has 1 heterocycles. The van der Waals surface area contributed by atoms with Gasteiger partial charge in [0.15, 0.2) is 0 Å². The summed E-state index contributed by atoms with van der Waals surface area (Å²) in [4.78, 5) is 0. The van der Waals surface area contributed by atoms with E-state index in [0.717, 1.165) is 25.7 Å². The third kappa shape index (κ3) is 5.75. The molecule has 1 aliphatic rings. The molecule has 5 nitrogen and oxygen atoms in total. The van der Waals surface area contributed by atoms with Crippen LogP contribution in [-0.4, -0.2) is 59.1 Å². The Kier molecular flexibility index (Phi) is 7.87. The minimum atomic E-state index is -0.850. The van der Waals surface area contributed by atoms with Crippen LogP contribution < -0.4 is 0 Å². The van der Waals surface area contributed by atoms with Gasteiger partial charge in [-0.1, -0.05) is 26.2 Å². The molecule has 114 valence electrons. The van der Waals surface area contributed by atoms with Crippen LogP contribution in [0.15, 0.2) is 0 Å². The van der Waals surface area contributed by atoms with Gasteiger partial charge >= 0.3 is 0 Å². The molecule has 1 aliphatic heterocycles. The number of aliphatic hydroxyl groups is 3. The predicted molar refractivity (Wildman–Crippen MR) is 71.9 cm³/mol. The van der Waals surface area contributed by atoms with Gasteiger partial charge < -0.3 is 24.8 Å². The summed E-state index contributed by atoms with van der Waals surface area (Å²) >= 11 is 0. The molecule has 0 aromatic carbocycles. The summed E-state index contributed by atoms with van der Waals surface area (Å²) in [6.07, 6.45) is 3.06. The van der Waals surface area contributed by atoms with Gasteiger partial charge in [-0.25, -0.2) is 0 Å². The fourth-order valence-electron chi connectivity index (χ4n) is 2.35. The molecule has 0 aliphatic carbocycles. The minimum Gasteiger partial charge on any atom is -0.394 e. The minimum absolute atomic E-state index is 0.109. The van der Waals surface area contributed by atoms with Crippen LogP contribution >= 0.6 is 0 Å². The monoisotopic (exact) mass is 276 g/mol. The molecule has 0 radical (unpaired) electrons. The summed E-state index contributed by atoms with van der Waals surface area (Å²) in [6.45, 7) is 3.81. The summed E-state index contributed by atoms with van der Waals surface area (Å²) < 4.78 is 11.4. The average Bonchev–Trinajstić information content (AvgIpc) is 2.73. The standard InChI is InChI=1S/C14H28O5/c1-3-4-5-6-13(18-9-11(16)8-15)14-7-12(17)10(2)19-14/h10-17H,3-9H2,1-2H3. The van der Waals surface area contributed by atoms with Crippen molar-refractivity contribution >= 4 is 0 Å². The molecular weight excluding hydrogens is 248 g/mol. The molecule has 5 atom stereocenters. The van der Waals surface area contributed by atoms with Gasteiger partial charge in [-0.3, -0.25) is 0 Å². The first-order valence-corrected chi connectivity index (χ1v) is 7.32. The van der Waals surface area contributed by atoms with Crippen LogP contribution in [0.5, 0.6) is 0 Å². The van der Waals surface area contributed by atoms with E-state index >= 15 is 0 Å². The molecule has 0 amide bonds. The first-order valence-electron chi connectivity index (χ1n) is 7.32. The van der Waals surface area contributed by atoms with Gasteiger partial charge in [0.1, 0.15) is 6.10 Å². The van der Waals surface area contributed by atoms with Gasteiger partial charge in [0.05, 0.1) is 37.6 Å². The van der Waals surface area contributed by atoms with E-state index in [0.29, 0.717) is 6.42 Å². The zero-order chi connectivity index (χ0) is 14.3. The van der Waals surface area contributed by atoms with Crippen molar-refractivity contribution in [2.24, 2.45) is 0 Å². The highest BCUT2D eigenvalue weighted by Gasteiger charge is 2.36. The molecule has 1 fully saturated rings. The Bertz CT molecular complexity index is 226. The zero-order valence-corrected chi connectivity index (χ0v) is 12.0. The summed E-state index contributed by atoms with van der Waals surface area (Å²) in [5, 5.41) is 27.9. The highest BCUT2D eigenvalue weighted by Crippen LogP contribution is 2.26. The molecule has 1 rings (SSSR count). The van der Waals surface area contributed by atoms with E-state index < -0.39 is 12.2 Å². The largest absolute Gasteiger partial charge is 0.394 e. The second-order valence-corrected chi connectivity index (χ2v) is 5.39. The second kappa shape index (κ2) is 8.87. The molecule has 0 saturated carbocycles. The molecular formula is C14H28O5. The maximum absolute atomic E-state index is 9.74. The van der Waals surface area contributed by atoms with Crippen LogP contribution in [-0.2, 0) is 9.47 Å². The number of hydrogen-bond acceptors (Lipinski definition) is 5. The third-order valence-electron chi connectivity index (χ3n) is 3.63. The Balaban J connectivity index is 2.44. The number of rotatable bonds is 9. The van der Waals surface area contributed by atoms with E-state index in [4.69, 9.17) is 14.6 Å². The van der Waals surface area contributed by atoms with Crippen LogP contribution in [0.3, 0.4) is 0 Å². The third-order valence-corrected chi connectivity index (χ3v) is 3.63. The Morgan fingerprint density at radius 1 is 1.37 bits per heavy atom. The van der Waals surface area contributed by atoms with Crippen LogP contribution in [0.4, 0.5) is 0 Å². The van der Waals surface area contributed by atoms with Crippen molar-refractivity contribution in [3.8, 4) is 0 Å². The first-order chi connectivity index (χ1) is 9.08. The summed E-state index contributed by atoms with van der Waals surface area (Å²) in [7, 11) is 0. The van der Waals surface area contributed by atoms with Gasteiger partial charge in [0.25, 0.3) is 0 Å². The molecule has 0 spiro atoms. The highest BCUT2D eigenvalue weighted by molar-refractivity contribution is 4.84. The van der Waals surface area contributed by atoms with Crippen molar-refractivity contribution in [1.82, 2.24) is 0 Å². The molecule has 0 aromatic rings. The van der Waals surface area contributed by atoms with Gasteiger partial charge in [0, 0.05) is 6.42 Å². The number of hydrogen-bond donors (Lipinski definition) is 3. The van der Waals surface area contributed by atoms with E-state index in [9.17, 15) is 10.2 Å². The maximum atomic E-state index is 9.74. The van der Waals surface area contributed by atoms with Crippen molar-refractivity contribution in [3.63, 3.8) is 0 Å². The SMILES string of the molecule is CCCCCC(OCC(O)CO)C1CC(O)C(C)O1. The van der Waals surface area contributed by atoms with Crippen molar-refractivity contribution in [2.45, 2.75) is 76.5 Å². The quantitative estimate of drug-likeness (QED) is 0.544. The molecule has 3 N–H and O–H groups in total. The molecule has 0 aromatic heterocycles. The Labute approximate surface area is 115 Å². The van der Waals surface area contributed by atoms with Crippen molar-refractivity contribution in [2.75, 3.05) is 13.2 Å². The van der Waals surface area contributed by atoms with Gasteiger partial charge in [-0.15, -0.1) is 0 Å². The van der Waals surface area contributed by atoms with Gasteiger partial charge in [-0.2, -0.15) is 0 Å². The first kappa shape index (κ1) is 16.9. The lowest BCUT2D eigenvalue weighted by molar-refractivity contribution is -0.0961. The molecule has 1 saturated heterocycles.